The summed E-state index contributed by atoms with van der Waals surface area (Å²) in [7, 11) is 0. The summed E-state index contributed by atoms with van der Waals surface area (Å²) in [6.07, 6.45) is 2.53. The van der Waals surface area contributed by atoms with Crippen LogP contribution in [0.1, 0.15) is 31.1 Å². The van der Waals surface area contributed by atoms with Crippen molar-refractivity contribution in [3.8, 4) is 11.3 Å². The topological polar surface area (TPSA) is 76.5 Å². The summed E-state index contributed by atoms with van der Waals surface area (Å²) in [4.78, 5) is 10.6. The molecule has 0 amide bonds. The highest BCUT2D eigenvalue weighted by atomic mass is 16.6. The van der Waals surface area contributed by atoms with Gasteiger partial charge in [-0.15, -0.1) is 0 Å². The number of rotatable bonds is 6. The predicted octanol–water partition coefficient (Wildman–Crippen LogP) is 4.89. The van der Waals surface area contributed by atoms with E-state index in [-0.39, 0.29) is 16.4 Å². The summed E-state index contributed by atoms with van der Waals surface area (Å²) in [5.74, 6) is 0.990. The fraction of sp³-hybridized carbons (Fsp3) is 0.176. The number of nitrogens with zero attached hydrogens (tertiary/aromatic N) is 1. The van der Waals surface area contributed by atoms with Crippen molar-refractivity contribution in [2.24, 2.45) is 0 Å². The first-order valence-corrected chi connectivity index (χ1v) is 6.94. The van der Waals surface area contributed by atoms with E-state index in [1.807, 2.05) is 13.0 Å². The molecule has 1 N–H and O–H groups in total. The molecule has 114 valence electrons. The van der Waals surface area contributed by atoms with Gasteiger partial charge in [-0.2, -0.15) is 0 Å². The molecule has 0 saturated carbocycles. The highest BCUT2D eigenvalue weighted by Crippen LogP contribution is 2.26. The summed E-state index contributed by atoms with van der Waals surface area (Å²) in [6.45, 7) is 5.37. The van der Waals surface area contributed by atoms with Crippen LogP contribution in [-0.2, 0) is 0 Å². The fourth-order valence-corrected chi connectivity index (χ4v) is 2.07. The maximum atomic E-state index is 10.9. The van der Waals surface area contributed by atoms with Crippen LogP contribution in [0.5, 0.6) is 0 Å². The first-order chi connectivity index (χ1) is 10.5. The number of aliphatic hydroxyl groups is 1. The zero-order chi connectivity index (χ0) is 16.1. The van der Waals surface area contributed by atoms with Crippen LogP contribution in [0.3, 0.4) is 0 Å². The first kappa shape index (κ1) is 15.6. The average Bonchev–Trinajstić information content (AvgIpc) is 2.95. The minimum atomic E-state index is -0.387. The van der Waals surface area contributed by atoms with Crippen molar-refractivity contribution < 1.29 is 14.4 Å². The maximum absolute atomic E-state index is 10.9. The second-order valence-corrected chi connectivity index (χ2v) is 4.87. The Morgan fingerprint density at radius 2 is 2.18 bits per heavy atom. The molecule has 1 aromatic carbocycles. The van der Waals surface area contributed by atoms with Gasteiger partial charge in [0.2, 0.25) is 5.70 Å². The van der Waals surface area contributed by atoms with Gasteiger partial charge in [0, 0.05) is 17.5 Å². The van der Waals surface area contributed by atoms with E-state index in [0.717, 1.165) is 5.56 Å². The second kappa shape index (κ2) is 6.76. The summed E-state index contributed by atoms with van der Waals surface area (Å²) >= 11 is 0. The Kier molecular flexibility index (Phi) is 4.78. The third-order valence-electron chi connectivity index (χ3n) is 3.16. The molecule has 0 unspecified atom stereocenters. The number of furan rings is 1. The van der Waals surface area contributed by atoms with E-state index in [0.29, 0.717) is 29.9 Å². The Morgan fingerprint density at radius 3 is 2.82 bits per heavy atom. The maximum Gasteiger partial charge on any atom is 0.249 e. The zero-order valence-corrected chi connectivity index (χ0v) is 12.3. The Balaban J connectivity index is 2.32. The summed E-state index contributed by atoms with van der Waals surface area (Å²) in [5, 5.41) is 20.4. The average molecular weight is 299 g/mol. The zero-order valence-electron chi connectivity index (χ0n) is 12.3. The van der Waals surface area contributed by atoms with Gasteiger partial charge in [0.1, 0.15) is 17.3 Å². The van der Waals surface area contributed by atoms with Crippen LogP contribution in [0.25, 0.3) is 23.2 Å². The number of hydrogen-bond donors (Lipinski definition) is 1. The third-order valence-corrected chi connectivity index (χ3v) is 3.16. The van der Waals surface area contributed by atoms with Crippen molar-refractivity contribution in [2.75, 3.05) is 0 Å². The smallest absolute Gasteiger partial charge is 0.249 e. The summed E-state index contributed by atoms with van der Waals surface area (Å²) in [6, 6.07) is 10.5. The first-order valence-electron chi connectivity index (χ1n) is 6.94. The van der Waals surface area contributed by atoms with Gasteiger partial charge < -0.3 is 9.52 Å². The number of aliphatic hydroxyl groups excluding tert-OH is 1. The minimum absolute atomic E-state index is 0.0212. The lowest BCUT2D eigenvalue weighted by Crippen LogP contribution is -1.97. The molecule has 0 radical (unpaired) electrons. The number of hydrogen-bond acceptors (Lipinski definition) is 4. The largest absolute Gasteiger partial charge is 0.508 e. The van der Waals surface area contributed by atoms with Crippen LogP contribution in [0, 0.1) is 10.1 Å². The van der Waals surface area contributed by atoms with Gasteiger partial charge in [0.15, 0.2) is 0 Å². The van der Waals surface area contributed by atoms with E-state index in [1.165, 1.54) is 6.08 Å². The van der Waals surface area contributed by atoms with Crippen LogP contribution in [-0.4, -0.2) is 10.0 Å². The van der Waals surface area contributed by atoms with Gasteiger partial charge in [-0.05, 0) is 24.6 Å². The molecular formula is C17H17NO4. The Bertz CT molecular complexity index is 728. The lowest BCUT2D eigenvalue weighted by atomic mass is 10.1. The van der Waals surface area contributed by atoms with Crippen LogP contribution in [0.15, 0.2) is 53.1 Å². The molecule has 5 heteroatoms. The quantitative estimate of drug-likeness (QED) is 0.468. The monoisotopic (exact) mass is 299 g/mol. The van der Waals surface area contributed by atoms with Gasteiger partial charge in [0.05, 0.1) is 11.0 Å². The molecule has 2 aromatic rings. The van der Waals surface area contributed by atoms with Crippen molar-refractivity contribution in [2.45, 2.75) is 19.8 Å². The van der Waals surface area contributed by atoms with Gasteiger partial charge in [-0.3, -0.25) is 10.1 Å². The van der Waals surface area contributed by atoms with Crippen molar-refractivity contribution in [3.05, 3.63) is 70.1 Å². The third kappa shape index (κ3) is 3.63. The van der Waals surface area contributed by atoms with E-state index in [2.05, 4.69) is 6.58 Å². The van der Waals surface area contributed by atoms with Crippen molar-refractivity contribution in [3.63, 3.8) is 0 Å². The van der Waals surface area contributed by atoms with Crippen molar-refractivity contribution >= 4 is 11.8 Å². The Hall–Kier alpha value is -2.82. The Labute approximate surface area is 128 Å². The molecule has 0 bridgehead atoms. The standard InChI is InChI=1S/C17H17NO4/c1-3-5-15(18(20)21)11-16-8-9-17(22-16)14-7-4-6-13(10-14)12(2)19/h4,6-11,19H,2-3,5H2,1H3/b15-11+. The molecule has 1 aromatic heterocycles. The molecule has 0 saturated heterocycles. The van der Waals surface area contributed by atoms with E-state index in [4.69, 9.17) is 4.42 Å². The summed E-state index contributed by atoms with van der Waals surface area (Å²) in [5.41, 5.74) is 1.49. The SMILES string of the molecule is C=C(O)c1cccc(-c2ccc(/C=C(\CCC)[N+](=O)[O-])o2)c1. The molecule has 0 aliphatic carbocycles. The molecule has 5 nitrogen and oxygen atoms in total. The molecule has 0 aliphatic heterocycles. The molecular weight excluding hydrogens is 282 g/mol. The van der Waals surface area contributed by atoms with Crippen LogP contribution >= 0.6 is 0 Å². The molecule has 0 atom stereocenters. The fourth-order valence-electron chi connectivity index (χ4n) is 2.07. The van der Waals surface area contributed by atoms with Gasteiger partial charge in [0.25, 0.3) is 0 Å². The second-order valence-electron chi connectivity index (χ2n) is 4.87. The molecule has 0 spiro atoms. The van der Waals surface area contributed by atoms with Crippen LogP contribution in [0.2, 0.25) is 0 Å². The van der Waals surface area contributed by atoms with Crippen LogP contribution < -0.4 is 0 Å². The predicted molar refractivity (Wildman–Crippen MR) is 85.7 cm³/mol. The Morgan fingerprint density at radius 1 is 1.41 bits per heavy atom. The molecule has 22 heavy (non-hydrogen) atoms. The van der Waals surface area contributed by atoms with E-state index in [9.17, 15) is 15.2 Å². The molecule has 0 fully saturated rings. The molecule has 0 aliphatic rings. The number of benzene rings is 1. The lowest BCUT2D eigenvalue weighted by molar-refractivity contribution is -0.426. The number of nitro groups is 1. The lowest BCUT2D eigenvalue weighted by Gasteiger charge is -2.01. The highest BCUT2D eigenvalue weighted by molar-refractivity contribution is 5.66. The molecule has 1 heterocycles. The van der Waals surface area contributed by atoms with Crippen LogP contribution in [0.4, 0.5) is 0 Å². The van der Waals surface area contributed by atoms with E-state index >= 15 is 0 Å². The van der Waals surface area contributed by atoms with Crippen molar-refractivity contribution in [1.82, 2.24) is 0 Å². The van der Waals surface area contributed by atoms with E-state index < -0.39 is 0 Å². The number of allylic oxidation sites excluding steroid dienone is 1. The van der Waals surface area contributed by atoms with Gasteiger partial charge in [-0.25, -0.2) is 0 Å². The summed E-state index contributed by atoms with van der Waals surface area (Å²) < 4.78 is 5.64. The normalized spacial score (nSPS) is 11.4. The highest BCUT2D eigenvalue weighted by Gasteiger charge is 2.12. The minimum Gasteiger partial charge on any atom is -0.508 e. The van der Waals surface area contributed by atoms with Gasteiger partial charge in [-0.1, -0.05) is 31.7 Å². The van der Waals surface area contributed by atoms with Gasteiger partial charge >= 0.3 is 0 Å². The van der Waals surface area contributed by atoms with E-state index in [1.54, 1.807) is 30.3 Å². The van der Waals surface area contributed by atoms with Crippen molar-refractivity contribution in [1.29, 1.82) is 0 Å². The molecule has 2 rings (SSSR count).